The Morgan fingerprint density at radius 3 is 2.46 bits per heavy atom. The van der Waals surface area contributed by atoms with Gasteiger partial charge in [-0.25, -0.2) is 0 Å². The van der Waals surface area contributed by atoms with Gasteiger partial charge in [-0.3, -0.25) is 4.99 Å². The summed E-state index contributed by atoms with van der Waals surface area (Å²) in [6.45, 7) is 7.25. The van der Waals surface area contributed by atoms with Gasteiger partial charge in [0.2, 0.25) is 0 Å². The minimum Gasteiger partial charge on any atom is -0.493 e. The van der Waals surface area contributed by atoms with Gasteiger partial charge in [0.1, 0.15) is 0 Å². The second-order valence-corrected chi connectivity index (χ2v) is 7.11. The summed E-state index contributed by atoms with van der Waals surface area (Å²) in [5, 5.41) is 6.79. The Kier molecular flexibility index (Phi) is 10.1. The van der Waals surface area contributed by atoms with Gasteiger partial charge in [-0.1, -0.05) is 19.9 Å². The number of aliphatic imine (C=N–C) groups is 1. The summed E-state index contributed by atoms with van der Waals surface area (Å²) in [5.41, 5.74) is 1.15. The molecule has 1 saturated carbocycles. The van der Waals surface area contributed by atoms with Crippen molar-refractivity contribution in [3.8, 4) is 11.5 Å². The first-order valence-electron chi connectivity index (χ1n) is 9.34. The number of rotatable bonds is 7. The molecule has 148 valence electrons. The van der Waals surface area contributed by atoms with Crippen LogP contribution in [0.4, 0.5) is 0 Å². The molecule has 0 amide bonds. The lowest BCUT2D eigenvalue weighted by Gasteiger charge is -2.21. The second-order valence-electron chi connectivity index (χ2n) is 7.11. The molecule has 1 fully saturated rings. The summed E-state index contributed by atoms with van der Waals surface area (Å²) in [7, 11) is 3.48. The molecule has 1 unspecified atom stereocenters. The molecule has 0 aliphatic heterocycles. The lowest BCUT2D eigenvalue weighted by molar-refractivity contribution is 0.200. The molecule has 0 saturated heterocycles. The van der Waals surface area contributed by atoms with Crippen molar-refractivity contribution in [1.82, 2.24) is 10.6 Å². The Bertz CT molecular complexity index is 572. The van der Waals surface area contributed by atoms with E-state index in [4.69, 9.17) is 9.47 Å². The number of hydrogen-bond donors (Lipinski definition) is 2. The zero-order chi connectivity index (χ0) is 18.2. The number of halogens is 1. The molecule has 2 rings (SSSR count). The highest BCUT2D eigenvalue weighted by Gasteiger charge is 2.18. The van der Waals surface area contributed by atoms with Crippen molar-refractivity contribution in [2.75, 3.05) is 14.2 Å². The number of ether oxygens (including phenoxy) is 2. The van der Waals surface area contributed by atoms with Crippen LogP contribution in [0.1, 0.15) is 52.0 Å². The van der Waals surface area contributed by atoms with Gasteiger partial charge < -0.3 is 20.1 Å². The van der Waals surface area contributed by atoms with Gasteiger partial charge in [0.05, 0.1) is 13.2 Å². The third kappa shape index (κ3) is 6.85. The van der Waals surface area contributed by atoms with Crippen LogP contribution in [0.5, 0.6) is 11.5 Å². The number of nitrogens with zero attached hydrogens (tertiary/aromatic N) is 1. The van der Waals surface area contributed by atoms with Crippen LogP contribution in [0.2, 0.25) is 0 Å². The Labute approximate surface area is 175 Å². The minimum atomic E-state index is 0. The number of methoxy groups -OCH3 is 1. The highest BCUT2D eigenvalue weighted by molar-refractivity contribution is 14.0. The van der Waals surface area contributed by atoms with Gasteiger partial charge in [0, 0.05) is 19.6 Å². The van der Waals surface area contributed by atoms with Crippen LogP contribution in [0.15, 0.2) is 23.2 Å². The summed E-state index contributed by atoms with van der Waals surface area (Å²) in [6.07, 6.45) is 5.09. The second kappa shape index (κ2) is 11.5. The molecule has 1 aromatic rings. The van der Waals surface area contributed by atoms with Gasteiger partial charge in [-0.2, -0.15) is 0 Å². The van der Waals surface area contributed by atoms with Gasteiger partial charge >= 0.3 is 0 Å². The van der Waals surface area contributed by atoms with Gasteiger partial charge in [0.25, 0.3) is 0 Å². The van der Waals surface area contributed by atoms with E-state index in [0.29, 0.717) is 24.6 Å². The highest BCUT2D eigenvalue weighted by Crippen LogP contribution is 2.32. The molecule has 0 bridgehead atoms. The predicted octanol–water partition coefficient (Wildman–Crippen LogP) is 4.34. The van der Waals surface area contributed by atoms with Crippen molar-refractivity contribution in [2.45, 2.75) is 65.1 Å². The van der Waals surface area contributed by atoms with E-state index in [1.54, 1.807) is 14.2 Å². The molecule has 0 heterocycles. The topological polar surface area (TPSA) is 54.9 Å². The molecule has 6 heteroatoms. The van der Waals surface area contributed by atoms with Crippen LogP contribution in [0.25, 0.3) is 0 Å². The summed E-state index contributed by atoms with van der Waals surface area (Å²) in [6, 6.07) is 6.48. The van der Waals surface area contributed by atoms with E-state index in [1.807, 2.05) is 6.07 Å². The van der Waals surface area contributed by atoms with E-state index in [1.165, 1.54) is 12.8 Å². The van der Waals surface area contributed by atoms with Crippen molar-refractivity contribution < 1.29 is 9.47 Å². The Balaban J connectivity index is 0.00000338. The van der Waals surface area contributed by atoms with Crippen LogP contribution in [0.3, 0.4) is 0 Å². The molecule has 1 aliphatic carbocycles. The first kappa shape index (κ1) is 22.9. The SMILES string of the molecule is CN=C(NCc1ccc(OC)c(OC2CCCC2)c1)NC(C)C(C)C.I. The van der Waals surface area contributed by atoms with Crippen molar-refractivity contribution >= 4 is 29.9 Å². The van der Waals surface area contributed by atoms with E-state index < -0.39 is 0 Å². The van der Waals surface area contributed by atoms with Crippen molar-refractivity contribution in [3.05, 3.63) is 23.8 Å². The molecule has 1 aliphatic rings. The molecule has 1 atom stereocenters. The standard InChI is InChI=1S/C20H33N3O2.HI/c1-14(2)15(3)23-20(21-4)22-13-16-10-11-18(24-5)19(12-16)25-17-8-6-7-9-17;/h10-12,14-15,17H,6-9,13H2,1-5H3,(H2,21,22,23);1H. The fourth-order valence-corrected chi connectivity index (χ4v) is 2.87. The fourth-order valence-electron chi connectivity index (χ4n) is 2.87. The lowest BCUT2D eigenvalue weighted by Crippen LogP contribution is -2.43. The van der Waals surface area contributed by atoms with Crippen LogP contribution >= 0.6 is 24.0 Å². The van der Waals surface area contributed by atoms with E-state index in [0.717, 1.165) is 35.9 Å². The normalized spacial score (nSPS) is 16.2. The molecular formula is C20H34IN3O2. The molecule has 2 N–H and O–H groups in total. The summed E-state index contributed by atoms with van der Waals surface area (Å²) >= 11 is 0. The maximum Gasteiger partial charge on any atom is 0.191 e. The first-order valence-corrected chi connectivity index (χ1v) is 9.34. The van der Waals surface area contributed by atoms with Gasteiger partial charge in [-0.05, 0) is 56.2 Å². The quantitative estimate of drug-likeness (QED) is 0.350. The van der Waals surface area contributed by atoms with E-state index in [2.05, 4.69) is 48.5 Å². The summed E-state index contributed by atoms with van der Waals surface area (Å²) in [4.78, 5) is 4.30. The average Bonchev–Trinajstić information content (AvgIpc) is 3.11. The largest absolute Gasteiger partial charge is 0.493 e. The van der Waals surface area contributed by atoms with Gasteiger partial charge in [-0.15, -0.1) is 24.0 Å². The average molecular weight is 475 g/mol. The number of benzene rings is 1. The zero-order valence-corrected chi connectivity index (χ0v) is 19.0. The molecule has 5 nitrogen and oxygen atoms in total. The van der Waals surface area contributed by atoms with E-state index in [9.17, 15) is 0 Å². The van der Waals surface area contributed by atoms with Gasteiger partial charge in [0.15, 0.2) is 17.5 Å². The molecule has 0 radical (unpaired) electrons. The lowest BCUT2D eigenvalue weighted by atomic mass is 10.1. The van der Waals surface area contributed by atoms with Crippen LogP contribution in [0, 0.1) is 5.92 Å². The molecular weight excluding hydrogens is 441 g/mol. The van der Waals surface area contributed by atoms with Crippen molar-refractivity contribution in [3.63, 3.8) is 0 Å². The van der Waals surface area contributed by atoms with Crippen LogP contribution in [-0.2, 0) is 6.54 Å². The number of nitrogens with one attached hydrogen (secondary N) is 2. The Morgan fingerprint density at radius 1 is 1.19 bits per heavy atom. The van der Waals surface area contributed by atoms with Crippen LogP contribution < -0.4 is 20.1 Å². The summed E-state index contributed by atoms with van der Waals surface area (Å²) in [5.74, 6) is 3.00. The molecule has 1 aromatic carbocycles. The number of hydrogen-bond acceptors (Lipinski definition) is 3. The Morgan fingerprint density at radius 2 is 1.88 bits per heavy atom. The third-order valence-corrected chi connectivity index (χ3v) is 4.87. The maximum atomic E-state index is 6.17. The predicted molar refractivity (Wildman–Crippen MR) is 119 cm³/mol. The van der Waals surface area contributed by atoms with Crippen LogP contribution in [-0.4, -0.2) is 32.3 Å². The first-order chi connectivity index (χ1) is 12.0. The minimum absolute atomic E-state index is 0. The zero-order valence-electron chi connectivity index (χ0n) is 16.7. The molecule has 0 spiro atoms. The Hall–Kier alpha value is -1.18. The van der Waals surface area contributed by atoms with E-state index in [-0.39, 0.29) is 24.0 Å². The summed E-state index contributed by atoms with van der Waals surface area (Å²) < 4.78 is 11.6. The van der Waals surface area contributed by atoms with Crippen molar-refractivity contribution in [2.24, 2.45) is 10.9 Å². The monoisotopic (exact) mass is 475 g/mol. The molecule has 0 aromatic heterocycles. The third-order valence-electron chi connectivity index (χ3n) is 4.87. The fraction of sp³-hybridized carbons (Fsp3) is 0.650. The molecule has 26 heavy (non-hydrogen) atoms. The smallest absolute Gasteiger partial charge is 0.191 e. The van der Waals surface area contributed by atoms with E-state index >= 15 is 0 Å². The maximum absolute atomic E-state index is 6.17. The number of guanidine groups is 1. The van der Waals surface area contributed by atoms with Crippen molar-refractivity contribution in [1.29, 1.82) is 0 Å². The highest BCUT2D eigenvalue weighted by atomic mass is 127.